The van der Waals surface area contributed by atoms with Crippen molar-refractivity contribution in [1.82, 2.24) is 0 Å². The van der Waals surface area contributed by atoms with E-state index in [0.717, 1.165) is 16.9 Å². The largest absolute Gasteiger partial charge is 0.410 e. The van der Waals surface area contributed by atoms with E-state index in [-0.39, 0.29) is 0 Å². The lowest BCUT2D eigenvalue weighted by atomic mass is 10.1. The third kappa shape index (κ3) is 3.41. The van der Waals surface area contributed by atoms with Gasteiger partial charge in [0.2, 0.25) is 0 Å². The molecule has 3 aromatic rings. The number of benzene rings is 2. The van der Waals surface area contributed by atoms with Crippen LogP contribution in [0.15, 0.2) is 59.1 Å². The molecule has 0 spiro atoms. The molecular weight excluding hydrogens is 363 g/mol. The summed E-state index contributed by atoms with van der Waals surface area (Å²) in [6.45, 7) is 2.04. The van der Waals surface area contributed by atoms with Crippen LogP contribution in [0.25, 0.3) is 0 Å². The molecule has 3 rings (SSSR count). The normalized spacial score (nSPS) is 11.5. The van der Waals surface area contributed by atoms with Crippen LogP contribution in [-0.2, 0) is 0 Å². The number of rotatable bonds is 4. The fourth-order valence-corrected chi connectivity index (χ4v) is 3.75. The zero-order chi connectivity index (χ0) is 17.1. The summed E-state index contributed by atoms with van der Waals surface area (Å²) in [5.74, 6) is 0. The first kappa shape index (κ1) is 16.8. The van der Waals surface area contributed by atoms with E-state index in [2.05, 4.69) is 10.5 Å². The Balaban J connectivity index is 1.93. The van der Waals surface area contributed by atoms with E-state index in [0.29, 0.717) is 26.2 Å². The summed E-state index contributed by atoms with van der Waals surface area (Å²) in [6, 6.07) is 15.3. The van der Waals surface area contributed by atoms with Crippen LogP contribution in [0.3, 0.4) is 0 Å². The van der Waals surface area contributed by atoms with E-state index in [1.54, 1.807) is 12.1 Å². The Hall–Kier alpha value is -2.01. The van der Waals surface area contributed by atoms with Gasteiger partial charge in [0.05, 0.1) is 14.9 Å². The van der Waals surface area contributed by atoms with Crippen molar-refractivity contribution in [2.75, 3.05) is 5.32 Å². The lowest BCUT2D eigenvalue weighted by Crippen LogP contribution is -2.03. The minimum Gasteiger partial charge on any atom is -0.410 e. The number of anilines is 2. The standard InChI is InChI=1S/C18H14Cl2N2OS/c1-11-4-2-3-5-16(11)21-12-6-7-13(15(20)10-12)17(22-23)18-14(19)8-9-24-18/h2-10,21,23H,1H3. The fraction of sp³-hybridized carbons (Fsp3) is 0.0556. The maximum atomic E-state index is 9.40. The summed E-state index contributed by atoms with van der Waals surface area (Å²) in [7, 11) is 0. The molecule has 0 amide bonds. The number of halogens is 2. The van der Waals surface area contributed by atoms with Gasteiger partial charge in [-0.05, 0) is 48.2 Å². The third-order valence-electron chi connectivity index (χ3n) is 3.58. The number of para-hydroxylation sites is 1. The summed E-state index contributed by atoms with van der Waals surface area (Å²) in [6.07, 6.45) is 0. The smallest absolute Gasteiger partial charge is 0.130 e. The van der Waals surface area contributed by atoms with Crippen molar-refractivity contribution in [2.24, 2.45) is 5.16 Å². The zero-order valence-corrected chi connectivity index (χ0v) is 15.1. The Bertz CT molecular complexity index is 906. The van der Waals surface area contributed by atoms with Crippen molar-refractivity contribution in [3.05, 3.63) is 80.0 Å². The van der Waals surface area contributed by atoms with Crippen LogP contribution in [0.5, 0.6) is 0 Å². The Morgan fingerprint density at radius 2 is 1.88 bits per heavy atom. The van der Waals surface area contributed by atoms with Crippen LogP contribution in [0.4, 0.5) is 11.4 Å². The molecule has 1 heterocycles. The van der Waals surface area contributed by atoms with E-state index in [4.69, 9.17) is 23.2 Å². The molecule has 0 bridgehead atoms. The highest BCUT2D eigenvalue weighted by atomic mass is 35.5. The molecule has 0 saturated carbocycles. The van der Waals surface area contributed by atoms with Crippen LogP contribution < -0.4 is 5.32 Å². The highest BCUT2D eigenvalue weighted by Gasteiger charge is 2.16. The number of aryl methyl sites for hydroxylation is 1. The Morgan fingerprint density at radius 3 is 2.50 bits per heavy atom. The lowest BCUT2D eigenvalue weighted by molar-refractivity contribution is 0.320. The second-order valence-corrected chi connectivity index (χ2v) is 6.91. The SMILES string of the molecule is Cc1ccccc1Nc1ccc(C(=NO)c2sccc2Cl)c(Cl)c1. The van der Waals surface area contributed by atoms with Gasteiger partial charge in [-0.2, -0.15) is 0 Å². The monoisotopic (exact) mass is 376 g/mol. The van der Waals surface area contributed by atoms with Gasteiger partial charge >= 0.3 is 0 Å². The van der Waals surface area contributed by atoms with Crippen LogP contribution in [0.2, 0.25) is 10.0 Å². The molecule has 0 aliphatic carbocycles. The maximum absolute atomic E-state index is 9.40. The average Bonchev–Trinajstić information content (AvgIpc) is 2.98. The minimum atomic E-state index is 0.363. The van der Waals surface area contributed by atoms with Gasteiger partial charge in [-0.1, -0.05) is 46.6 Å². The molecule has 122 valence electrons. The molecule has 1 aromatic heterocycles. The minimum absolute atomic E-state index is 0.363. The molecule has 3 nitrogen and oxygen atoms in total. The van der Waals surface area contributed by atoms with Gasteiger partial charge in [-0.15, -0.1) is 11.3 Å². The fourth-order valence-electron chi connectivity index (χ4n) is 2.34. The highest BCUT2D eigenvalue weighted by molar-refractivity contribution is 7.13. The van der Waals surface area contributed by atoms with Crippen LogP contribution in [0, 0.1) is 6.92 Å². The number of oxime groups is 1. The molecule has 0 aliphatic rings. The predicted molar refractivity (Wildman–Crippen MR) is 103 cm³/mol. The van der Waals surface area contributed by atoms with Crippen molar-refractivity contribution in [2.45, 2.75) is 6.92 Å². The summed E-state index contributed by atoms with van der Waals surface area (Å²) < 4.78 is 0. The van der Waals surface area contributed by atoms with Crippen molar-refractivity contribution in [3.63, 3.8) is 0 Å². The molecule has 0 unspecified atom stereocenters. The van der Waals surface area contributed by atoms with Crippen LogP contribution >= 0.6 is 34.5 Å². The van der Waals surface area contributed by atoms with Gasteiger partial charge in [-0.25, -0.2) is 0 Å². The van der Waals surface area contributed by atoms with Gasteiger partial charge < -0.3 is 10.5 Å². The zero-order valence-electron chi connectivity index (χ0n) is 12.8. The summed E-state index contributed by atoms with van der Waals surface area (Å²) in [4.78, 5) is 0.681. The molecule has 0 saturated heterocycles. The highest BCUT2D eigenvalue weighted by Crippen LogP contribution is 2.31. The Kier molecular flexibility index (Phi) is 5.09. The number of nitrogens with one attached hydrogen (secondary N) is 1. The number of hydrogen-bond acceptors (Lipinski definition) is 4. The molecule has 6 heteroatoms. The van der Waals surface area contributed by atoms with E-state index in [1.807, 2.05) is 48.7 Å². The first-order valence-electron chi connectivity index (χ1n) is 7.18. The molecular formula is C18H14Cl2N2OS. The second-order valence-electron chi connectivity index (χ2n) is 5.18. The molecule has 0 radical (unpaired) electrons. The van der Waals surface area contributed by atoms with Gasteiger partial charge in [0.1, 0.15) is 5.71 Å². The summed E-state index contributed by atoms with van der Waals surface area (Å²) >= 11 is 13.9. The first-order chi connectivity index (χ1) is 11.6. The first-order valence-corrected chi connectivity index (χ1v) is 8.81. The molecule has 2 N–H and O–H groups in total. The molecule has 0 fully saturated rings. The predicted octanol–water partition coefficient (Wildman–Crippen LogP) is 6.33. The van der Waals surface area contributed by atoms with Crippen LogP contribution in [0.1, 0.15) is 16.0 Å². The molecule has 0 aliphatic heterocycles. The second kappa shape index (κ2) is 7.26. The van der Waals surface area contributed by atoms with Crippen LogP contribution in [-0.4, -0.2) is 10.9 Å². The Labute approximate surface area is 154 Å². The van der Waals surface area contributed by atoms with Gasteiger partial charge in [0, 0.05) is 16.9 Å². The molecule has 2 aromatic carbocycles. The van der Waals surface area contributed by atoms with Gasteiger partial charge in [0.15, 0.2) is 0 Å². The number of hydrogen-bond donors (Lipinski definition) is 2. The van der Waals surface area contributed by atoms with E-state index in [1.165, 1.54) is 11.3 Å². The quantitative estimate of drug-likeness (QED) is 0.317. The van der Waals surface area contributed by atoms with E-state index in [9.17, 15) is 5.21 Å². The maximum Gasteiger partial charge on any atom is 0.130 e. The van der Waals surface area contributed by atoms with Crippen molar-refractivity contribution >= 4 is 51.6 Å². The summed E-state index contributed by atoms with van der Waals surface area (Å²) in [5, 5.41) is 19.0. The number of nitrogens with zero attached hydrogens (tertiary/aromatic N) is 1. The number of thiophene rings is 1. The van der Waals surface area contributed by atoms with E-state index >= 15 is 0 Å². The molecule has 24 heavy (non-hydrogen) atoms. The average molecular weight is 377 g/mol. The third-order valence-corrected chi connectivity index (χ3v) is 5.24. The summed E-state index contributed by atoms with van der Waals surface area (Å²) in [5.41, 5.74) is 3.99. The van der Waals surface area contributed by atoms with Gasteiger partial charge in [0.25, 0.3) is 0 Å². The Morgan fingerprint density at radius 1 is 1.08 bits per heavy atom. The van der Waals surface area contributed by atoms with Crippen molar-refractivity contribution in [3.8, 4) is 0 Å². The van der Waals surface area contributed by atoms with Crippen molar-refractivity contribution in [1.29, 1.82) is 0 Å². The molecule has 0 atom stereocenters. The van der Waals surface area contributed by atoms with E-state index < -0.39 is 0 Å². The van der Waals surface area contributed by atoms with Gasteiger partial charge in [-0.3, -0.25) is 0 Å². The van der Waals surface area contributed by atoms with Crippen molar-refractivity contribution < 1.29 is 5.21 Å². The topological polar surface area (TPSA) is 44.6 Å². The lowest BCUT2D eigenvalue weighted by Gasteiger charge is -2.12.